The molecule has 226 valence electrons. The number of aliphatic hydroxyl groups excluding tert-OH is 1. The van der Waals surface area contributed by atoms with Gasteiger partial charge < -0.3 is 24.6 Å². The average Bonchev–Trinajstić information content (AvgIpc) is 3.00. The van der Waals surface area contributed by atoms with E-state index in [1.54, 1.807) is 37.3 Å². The zero-order chi connectivity index (χ0) is 30.7. The third kappa shape index (κ3) is 9.85. The lowest BCUT2D eigenvalue weighted by molar-refractivity contribution is 0.0526. The van der Waals surface area contributed by atoms with Crippen LogP contribution >= 0.6 is 0 Å². The van der Waals surface area contributed by atoms with Gasteiger partial charge in [0.1, 0.15) is 24.7 Å². The van der Waals surface area contributed by atoms with Gasteiger partial charge in [0, 0.05) is 13.1 Å². The van der Waals surface area contributed by atoms with Crippen LogP contribution < -0.4 is 19.5 Å². The topological polar surface area (TPSA) is 123 Å². The Labute approximate surface area is 252 Å². The Morgan fingerprint density at radius 2 is 1.56 bits per heavy atom. The SMILES string of the molecule is CCOC(=O)c1ccc(-c2ccc(OCCNC[C@@H](O)c3ccc(OCc4ccccc4)c(NS(C)(=O)=O)c3)cc2)cc1. The fraction of sp³-hybridized carbons (Fsp3) is 0.242. The van der Waals surface area contributed by atoms with Gasteiger partial charge in [0.15, 0.2) is 0 Å². The van der Waals surface area contributed by atoms with Crippen LogP contribution in [-0.4, -0.2) is 52.1 Å². The third-order valence-electron chi connectivity index (χ3n) is 6.39. The van der Waals surface area contributed by atoms with Crippen LogP contribution in [0, 0.1) is 0 Å². The Morgan fingerprint density at radius 1 is 0.884 bits per heavy atom. The van der Waals surface area contributed by atoms with Crippen molar-refractivity contribution in [3.8, 4) is 22.6 Å². The molecular weight excluding hydrogens is 568 g/mol. The van der Waals surface area contributed by atoms with Gasteiger partial charge in [0.05, 0.1) is 30.2 Å². The Hall–Kier alpha value is -4.38. The number of sulfonamides is 1. The van der Waals surface area contributed by atoms with Gasteiger partial charge in [-0.15, -0.1) is 0 Å². The molecule has 0 spiro atoms. The van der Waals surface area contributed by atoms with E-state index in [9.17, 15) is 18.3 Å². The van der Waals surface area contributed by atoms with Crippen molar-refractivity contribution in [1.82, 2.24) is 5.32 Å². The van der Waals surface area contributed by atoms with Crippen molar-refractivity contribution < 1.29 is 32.5 Å². The zero-order valence-electron chi connectivity index (χ0n) is 24.2. The summed E-state index contributed by atoms with van der Waals surface area (Å²) in [5.41, 5.74) is 4.22. The molecule has 0 aliphatic heterocycles. The number of carbonyl (C=O) groups excluding carboxylic acids is 1. The summed E-state index contributed by atoms with van der Waals surface area (Å²) in [6.07, 6.45) is 0.189. The van der Waals surface area contributed by atoms with Crippen LogP contribution in [0.2, 0.25) is 0 Å². The molecule has 43 heavy (non-hydrogen) atoms. The van der Waals surface area contributed by atoms with E-state index >= 15 is 0 Å². The Morgan fingerprint density at radius 3 is 2.21 bits per heavy atom. The van der Waals surface area contributed by atoms with E-state index in [1.807, 2.05) is 66.7 Å². The maximum atomic E-state index is 11.9. The molecule has 0 bridgehead atoms. The first-order valence-corrected chi connectivity index (χ1v) is 15.8. The van der Waals surface area contributed by atoms with Crippen LogP contribution in [0.3, 0.4) is 0 Å². The summed E-state index contributed by atoms with van der Waals surface area (Å²) >= 11 is 0. The molecule has 0 aliphatic carbocycles. The largest absolute Gasteiger partial charge is 0.492 e. The number of aliphatic hydroxyl groups is 1. The number of esters is 1. The number of anilines is 1. The van der Waals surface area contributed by atoms with Crippen LogP contribution in [-0.2, 0) is 21.4 Å². The molecule has 10 heteroatoms. The third-order valence-corrected chi connectivity index (χ3v) is 6.98. The first kappa shape index (κ1) is 31.6. The molecule has 0 aromatic heterocycles. The smallest absolute Gasteiger partial charge is 0.338 e. The Bertz CT molecular complexity index is 1580. The molecule has 0 radical (unpaired) electrons. The summed E-state index contributed by atoms with van der Waals surface area (Å²) in [6, 6.07) is 29.4. The molecule has 9 nitrogen and oxygen atoms in total. The Balaban J connectivity index is 1.25. The van der Waals surface area contributed by atoms with Crippen LogP contribution in [0.1, 0.15) is 34.5 Å². The molecule has 3 N–H and O–H groups in total. The van der Waals surface area contributed by atoms with Crippen molar-refractivity contribution in [2.75, 3.05) is 37.3 Å². The molecule has 0 saturated carbocycles. The molecule has 4 aromatic rings. The first-order valence-electron chi connectivity index (χ1n) is 13.9. The average molecular weight is 605 g/mol. The molecule has 0 aliphatic rings. The lowest BCUT2D eigenvalue weighted by Gasteiger charge is -2.17. The van der Waals surface area contributed by atoms with E-state index in [4.69, 9.17) is 14.2 Å². The van der Waals surface area contributed by atoms with Gasteiger partial charge in [0.25, 0.3) is 0 Å². The van der Waals surface area contributed by atoms with Gasteiger partial charge in [-0.05, 0) is 65.6 Å². The lowest BCUT2D eigenvalue weighted by Crippen LogP contribution is -2.26. The predicted octanol–water partition coefficient (Wildman–Crippen LogP) is 5.18. The normalized spacial score (nSPS) is 11.9. The fourth-order valence-corrected chi connectivity index (χ4v) is 4.81. The minimum atomic E-state index is -3.56. The number of ether oxygens (including phenoxy) is 3. The first-order chi connectivity index (χ1) is 20.7. The van der Waals surface area contributed by atoms with Crippen molar-refractivity contribution in [3.05, 3.63) is 114 Å². The van der Waals surface area contributed by atoms with Crippen LogP contribution in [0.15, 0.2) is 97.1 Å². The number of rotatable bonds is 15. The van der Waals surface area contributed by atoms with E-state index in [0.717, 1.165) is 22.9 Å². The summed E-state index contributed by atoms with van der Waals surface area (Å²) in [5, 5.41) is 13.9. The highest BCUT2D eigenvalue weighted by Crippen LogP contribution is 2.30. The van der Waals surface area contributed by atoms with E-state index in [1.165, 1.54) is 0 Å². The predicted molar refractivity (Wildman–Crippen MR) is 167 cm³/mol. The van der Waals surface area contributed by atoms with E-state index in [2.05, 4.69) is 10.0 Å². The summed E-state index contributed by atoms with van der Waals surface area (Å²) in [4.78, 5) is 11.8. The second-order valence-corrected chi connectivity index (χ2v) is 11.5. The minimum Gasteiger partial charge on any atom is -0.492 e. The summed E-state index contributed by atoms with van der Waals surface area (Å²) in [5.74, 6) is 0.734. The Kier molecular flexibility index (Phi) is 11.2. The van der Waals surface area contributed by atoms with Crippen molar-refractivity contribution in [1.29, 1.82) is 0 Å². The van der Waals surface area contributed by atoms with Crippen molar-refractivity contribution in [2.24, 2.45) is 0 Å². The van der Waals surface area contributed by atoms with Crippen molar-refractivity contribution >= 4 is 21.7 Å². The standard InChI is InChI=1S/C33H36N2O7S/c1-3-40-33(37)27-11-9-25(10-12-27)26-13-16-29(17-14-26)41-20-19-34-22-31(36)28-15-18-32(30(21-28)35-43(2,38)39)42-23-24-7-5-4-6-8-24/h4-18,21,31,34-36H,3,19-20,22-23H2,1-2H3/t31-/m1/s1. The summed E-state index contributed by atoms with van der Waals surface area (Å²) in [6.45, 7) is 3.50. The highest BCUT2D eigenvalue weighted by Gasteiger charge is 2.15. The molecule has 0 heterocycles. The fourth-order valence-electron chi connectivity index (χ4n) is 4.25. The molecular formula is C33H36N2O7S. The van der Waals surface area contributed by atoms with Crippen molar-refractivity contribution in [2.45, 2.75) is 19.6 Å². The molecule has 4 rings (SSSR count). The van der Waals surface area contributed by atoms with E-state index in [-0.39, 0.29) is 24.8 Å². The number of benzene rings is 4. The van der Waals surface area contributed by atoms with Crippen LogP contribution in [0.4, 0.5) is 5.69 Å². The van der Waals surface area contributed by atoms with Crippen LogP contribution in [0.25, 0.3) is 11.1 Å². The number of hydrogen-bond donors (Lipinski definition) is 3. The van der Waals surface area contributed by atoms with Gasteiger partial charge in [-0.1, -0.05) is 60.7 Å². The maximum absolute atomic E-state index is 11.9. The molecule has 0 unspecified atom stereocenters. The second kappa shape index (κ2) is 15.2. The quantitative estimate of drug-likeness (QED) is 0.125. The second-order valence-electron chi connectivity index (χ2n) is 9.79. The summed E-state index contributed by atoms with van der Waals surface area (Å²) < 4.78 is 43.1. The monoisotopic (exact) mass is 604 g/mol. The minimum absolute atomic E-state index is 0.243. The molecule has 4 aromatic carbocycles. The number of carbonyl (C=O) groups is 1. The molecule has 0 saturated heterocycles. The molecule has 0 amide bonds. The van der Waals surface area contributed by atoms with Gasteiger partial charge in [0.2, 0.25) is 10.0 Å². The molecule has 0 fully saturated rings. The highest BCUT2D eigenvalue weighted by atomic mass is 32.2. The van der Waals surface area contributed by atoms with Crippen LogP contribution in [0.5, 0.6) is 11.5 Å². The van der Waals surface area contributed by atoms with Gasteiger partial charge in [-0.25, -0.2) is 13.2 Å². The van der Waals surface area contributed by atoms with Gasteiger partial charge in [-0.2, -0.15) is 0 Å². The zero-order valence-corrected chi connectivity index (χ0v) is 25.0. The van der Waals surface area contributed by atoms with E-state index in [0.29, 0.717) is 42.4 Å². The van der Waals surface area contributed by atoms with Gasteiger partial charge in [-0.3, -0.25) is 4.72 Å². The number of hydrogen-bond acceptors (Lipinski definition) is 8. The van der Waals surface area contributed by atoms with E-state index < -0.39 is 16.1 Å². The highest BCUT2D eigenvalue weighted by molar-refractivity contribution is 7.92. The van der Waals surface area contributed by atoms with Crippen molar-refractivity contribution in [3.63, 3.8) is 0 Å². The maximum Gasteiger partial charge on any atom is 0.338 e. The van der Waals surface area contributed by atoms with Gasteiger partial charge >= 0.3 is 5.97 Å². The number of nitrogens with one attached hydrogen (secondary N) is 2. The molecule has 1 atom stereocenters. The lowest BCUT2D eigenvalue weighted by atomic mass is 10.0. The summed E-state index contributed by atoms with van der Waals surface area (Å²) in [7, 11) is -3.56.